The number of benzene rings is 2. The van der Waals surface area contributed by atoms with Crippen LogP contribution in [0.1, 0.15) is 12.0 Å². The van der Waals surface area contributed by atoms with Crippen molar-refractivity contribution in [2.75, 3.05) is 24.9 Å². The van der Waals surface area contributed by atoms with Gasteiger partial charge in [-0.15, -0.1) is 0 Å². The van der Waals surface area contributed by atoms with Gasteiger partial charge in [-0.3, -0.25) is 9.69 Å². The van der Waals surface area contributed by atoms with Gasteiger partial charge >= 0.3 is 0 Å². The van der Waals surface area contributed by atoms with Crippen molar-refractivity contribution >= 4 is 34.6 Å². The van der Waals surface area contributed by atoms with E-state index in [9.17, 15) is 4.79 Å². The molecule has 0 N–H and O–H groups in total. The molecule has 7 heteroatoms. The summed E-state index contributed by atoms with van der Waals surface area (Å²) in [5.41, 5.74) is 1.86. The summed E-state index contributed by atoms with van der Waals surface area (Å²) >= 11 is 1.38. The molecule has 0 fully saturated rings. The fourth-order valence-corrected chi connectivity index (χ4v) is 3.47. The highest BCUT2D eigenvalue weighted by Crippen LogP contribution is 2.31. The predicted octanol–water partition coefficient (Wildman–Crippen LogP) is 4.09. The molecule has 142 valence electrons. The van der Waals surface area contributed by atoms with Gasteiger partial charge in [0, 0.05) is 18.2 Å². The van der Waals surface area contributed by atoms with E-state index in [4.69, 9.17) is 14.7 Å². The Morgan fingerprint density at radius 2 is 1.89 bits per heavy atom. The molecule has 2 aromatic rings. The number of anilines is 1. The molecule has 6 nitrogen and oxygen atoms in total. The van der Waals surface area contributed by atoms with E-state index in [0.29, 0.717) is 34.5 Å². The molecule has 0 atom stereocenters. The van der Waals surface area contributed by atoms with Gasteiger partial charge in [0.05, 0.1) is 26.0 Å². The molecule has 2 aromatic carbocycles. The number of hydrogen-bond acceptors (Lipinski definition) is 6. The normalized spacial score (nSPS) is 14.8. The van der Waals surface area contributed by atoms with Crippen LogP contribution in [0.15, 0.2) is 59.2 Å². The van der Waals surface area contributed by atoms with E-state index in [-0.39, 0.29) is 5.91 Å². The van der Waals surface area contributed by atoms with Crippen LogP contribution in [0, 0.1) is 11.3 Å². The fourth-order valence-electron chi connectivity index (χ4n) is 2.62. The number of thioether (sulfide) groups is 1. The van der Waals surface area contributed by atoms with Gasteiger partial charge in [0.15, 0.2) is 5.17 Å². The number of amides is 1. The van der Waals surface area contributed by atoms with Gasteiger partial charge in [-0.05, 0) is 35.9 Å². The van der Waals surface area contributed by atoms with Gasteiger partial charge in [-0.25, -0.2) is 4.99 Å². The minimum absolute atomic E-state index is 0.219. The molecule has 0 saturated heterocycles. The van der Waals surface area contributed by atoms with Crippen molar-refractivity contribution in [1.82, 2.24) is 0 Å². The van der Waals surface area contributed by atoms with Crippen LogP contribution in [0.4, 0.5) is 5.69 Å². The lowest BCUT2D eigenvalue weighted by Crippen LogP contribution is -2.30. The number of amidine groups is 1. The molecule has 0 saturated carbocycles. The van der Waals surface area contributed by atoms with Crippen LogP contribution in [0.5, 0.6) is 11.5 Å². The van der Waals surface area contributed by atoms with Crippen molar-refractivity contribution in [2.24, 2.45) is 4.99 Å². The maximum absolute atomic E-state index is 13.1. The van der Waals surface area contributed by atoms with E-state index < -0.39 is 0 Å². The fraction of sp³-hybridized carbons (Fsp3) is 0.190. The first-order valence-electron chi connectivity index (χ1n) is 8.59. The standard InChI is InChI=1S/C21H19N3O3S/c1-26-17-9-7-15(8-10-17)13-19-20(25)24(21(23-19)28-12-4-11-22)16-5-3-6-18(14-16)27-2/h3,5-10,13-14H,4,12H2,1-2H3/b19-13+. The highest BCUT2D eigenvalue weighted by molar-refractivity contribution is 8.14. The van der Waals surface area contributed by atoms with Crippen molar-refractivity contribution in [1.29, 1.82) is 5.26 Å². The topological polar surface area (TPSA) is 74.9 Å². The zero-order valence-corrected chi connectivity index (χ0v) is 16.4. The van der Waals surface area contributed by atoms with E-state index in [1.165, 1.54) is 11.8 Å². The number of hydrogen-bond donors (Lipinski definition) is 0. The number of ether oxygens (including phenoxy) is 2. The molecule has 1 aliphatic heterocycles. The SMILES string of the molecule is COc1ccc(/C=C2/N=C(SCCC#N)N(c3cccc(OC)c3)C2=O)cc1. The van der Waals surface area contributed by atoms with E-state index in [1.807, 2.05) is 42.5 Å². The first kappa shape index (κ1) is 19.5. The van der Waals surface area contributed by atoms with Crippen LogP contribution < -0.4 is 14.4 Å². The van der Waals surface area contributed by atoms with Crippen molar-refractivity contribution < 1.29 is 14.3 Å². The highest BCUT2D eigenvalue weighted by atomic mass is 32.2. The van der Waals surface area contributed by atoms with Crippen LogP contribution >= 0.6 is 11.8 Å². The molecule has 3 rings (SSSR count). The van der Waals surface area contributed by atoms with Crippen molar-refractivity contribution in [3.63, 3.8) is 0 Å². The summed E-state index contributed by atoms with van der Waals surface area (Å²) in [6.07, 6.45) is 2.12. The second kappa shape index (κ2) is 9.11. The Labute approximate surface area is 168 Å². The van der Waals surface area contributed by atoms with Crippen molar-refractivity contribution in [2.45, 2.75) is 6.42 Å². The Balaban J connectivity index is 1.94. The van der Waals surface area contributed by atoms with Crippen LogP contribution in [0.2, 0.25) is 0 Å². The van der Waals surface area contributed by atoms with Gasteiger partial charge in [0.1, 0.15) is 17.2 Å². The second-order valence-corrected chi connectivity index (χ2v) is 6.86. The molecule has 0 aliphatic carbocycles. The van der Waals surface area contributed by atoms with Crippen molar-refractivity contribution in [3.8, 4) is 17.6 Å². The van der Waals surface area contributed by atoms with Crippen LogP contribution in [0.3, 0.4) is 0 Å². The number of methoxy groups -OCH3 is 2. The highest BCUT2D eigenvalue weighted by Gasteiger charge is 2.32. The van der Waals surface area contributed by atoms with Crippen LogP contribution in [0.25, 0.3) is 6.08 Å². The lowest BCUT2D eigenvalue weighted by atomic mass is 10.2. The molecule has 1 heterocycles. The molecule has 0 unspecified atom stereocenters. The van der Waals surface area contributed by atoms with Crippen molar-refractivity contribution in [3.05, 3.63) is 59.8 Å². The molecule has 0 aromatic heterocycles. The average molecular weight is 393 g/mol. The summed E-state index contributed by atoms with van der Waals surface area (Å²) in [7, 11) is 3.19. The molecular weight excluding hydrogens is 374 g/mol. The molecule has 0 bridgehead atoms. The van der Waals surface area contributed by atoms with E-state index >= 15 is 0 Å². The molecule has 0 spiro atoms. The predicted molar refractivity (Wildman–Crippen MR) is 112 cm³/mol. The van der Waals surface area contributed by atoms with Gasteiger partial charge in [-0.1, -0.05) is 30.0 Å². The summed E-state index contributed by atoms with van der Waals surface area (Å²) in [6, 6.07) is 16.8. The minimum Gasteiger partial charge on any atom is -0.497 e. The molecule has 28 heavy (non-hydrogen) atoms. The Morgan fingerprint density at radius 3 is 2.57 bits per heavy atom. The van der Waals surface area contributed by atoms with E-state index in [1.54, 1.807) is 31.3 Å². The third-order valence-electron chi connectivity index (χ3n) is 4.01. The number of rotatable bonds is 6. The average Bonchev–Trinajstić information content (AvgIpc) is 3.04. The number of nitrogens with zero attached hydrogens (tertiary/aromatic N) is 3. The van der Waals surface area contributed by atoms with Crippen LogP contribution in [-0.4, -0.2) is 31.0 Å². The lowest BCUT2D eigenvalue weighted by molar-refractivity contribution is -0.113. The first-order chi connectivity index (χ1) is 13.7. The van der Waals surface area contributed by atoms with Gasteiger partial charge in [0.25, 0.3) is 5.91 Å². The van der Waals surface area contributed by atoms with Gasteiger partial charge < -0.3 is 9.47 Å². The minimum atomic E-state index is -0.219. The number of aliphatic imine (C=N–C) groups is 1. The summed E-state index contributed by atoms with van der Waals surface area (Å²) < 4.78 is 10.4. The smallest absolute Gasteiger partial charge is 0.283 e. The summed E-state index contributed by atoms with van der Waals surface area (Å²) in [5.74, 6) is 1.73. The third kappa shape index (κ3) is 4.35. The maximum Gasteiger partial charge on any atom is 0.283 e. The Kier molecular flexibility index (Phi) is 6.35. The number of carbonyl (C=O) groups excluding carboxylic acids is 1. The second-order valence-electron chi connectivity index (χ2n) is 5.80. The summed E-state index contributed by atoms with van der Waals surface area (Å²) in [4.78, 5) is 19.2. The van der Waals surface area contributed by atoms with E-state index in [0.717, 1.165) is 11.3 Å². The molecular formula is C21H19N3O3S. The quantitative estimate of drug-likeness (QED) is 0.546. The first-order valence-corrected chi connectivity index (χ1v) is 9.57. The largest absolute Gasteiger partial charge is 0.497 e. The van der Waals surface area contributed by atoms with Gasteiger partial charge in [0.2, 0.25) is 0 Å². The van der Waals surface area contributed by atoms with E-state index in [2.05, 4.69) is 11.1 Å². The number of carbonyl (C=O) groups is 1. The van der Waals surface area contributed by atoms with Crippen LogP contribution in [-0.2, 0) is 4.79 Å². The Hall–Kier alpha value is -3.24. The van der Waals surface area contributed by atoms with Gasteiger partial charge in [-0.2, -0.15) is 5.26 Å². The Morgan fingerprint density at radius 1 is 1.14 bits per heavy atom. The zero-order chi connectivity index (χ0) is 19.9. The molecule has 0 radical (unpaired) electrons. The Bertz CT molecular complexity index is 962. The summed E-state index contributed by atoms with van der Waals surface area (Å²) in [6.45, 7) is 0. The summed E-state index contributed by atoms with van der Waals surface area (Å²) in [5, 5.41) is 9.36. The molecule has 1 amide bonds. The molecule has 1 aliphatic rings. The number of nitriles is 1. The zero-order valence-electron chi connectivity index (χ0n) is 15.6. The lowest BCUT2D eigenvalue weighted by Gasteiger charge is -2.18. The monoisotopic (exact) mass is 393 g/mol. The third-order valence-corrected chi connectivity index (χ3v) is 4.95. The maximum atomic E-state index is 13.1.